The molecule has 0 amide bonds. The molecule has 5 heteroatoms. The molecule has 4 nitrogen and oxygen atoms in total. The van der Waals surface area contributed by atoms with Crippen LogP contribution in [0.2, 0.25) is 0 Å². The molecule has 1 unspecified atom stereocenters. The number of rotatable bonds is 7. The molecule has 0 saturated carbocycles. The number of ether oxygens (including phenoxy) is 1. The summed E-state index contributed by atoms with van der Waals surface area (Å²) in [6, 6.07) is 3.47. The van der Waals surface area contributed by atoms with Crippen molar-refractivity contribution in [2.24, 2.45) is 5.73 Å². The van der Waals surface area contributed by atoms with E-state index in [0.717, 1.165) is 17.2 Å². The minimum Gasteiger partial charge on any atom is -0.465 e. The van der Waals surface area contributed by atoms with Gasteiger partial charge in [-0.15, -0.1) is 0 Å². The number of nitrogens with zero attached hydrogens (tertiary/aromatic N) is 1. The molecule has 0 saturated heterocycles. The van der Waals surface area contributed by atoms with Crippen molar-refractivity contribution in [3.63, 3.8) is 0 Å². The van der Waals surface area contributed by atoms with Gasteiger partial charge in [0.05, 0.1) is 12.3 Å². The Morgan fingerprint density at radius 2 is 2.39 bits per heavy atom. The van der Waals surface area contributed by atoms with Crippen LogP contribution in [0.5, 0.6) is 0 Å². The zero-order chi connectivity index (χ0) is 13.4. The van der Waals surface area contributed by atoms with Gasteiger partial charge in [0.25, 0.3) is 0 Å². The van der Waals surface area contributed by atoms with Crippen molar-refractivity contribution in [1.82, 2.24) is 4.98 Å². The molecule has 0 aliphatic heterocycles. The van der Waals surface area contributed by atoms with Crippen LogP contribution in [-0.2, 0) is 15.3 Å². The van der Waals surface area contributed by atoms with E-state index in [-0.39, 0.29) is 5.97 Å². The summed E-state index contributed by atoms with van der Waals surface area (Å²) in [7, 11) is 0. The Morgan fingerprint density at radius 3 is 3.06 bits per heavy atom. The van der Waals surface area contributed by atoms with Gasteiger partial charge in [0, 0.05) is 11.9 Å². The molecular formula is C13H20N2O2S. The molecular weight excluding hydrogens is 248 g/mol. The Labute approximate surface area is 112 Å². The molecule has 0 spiro atoms. The third-order valence-electron chi connectivity index (χ3n) is 2.52. The first-order valence-electron chi connectivity index (χ1n) is 6.05. The van der Waals surface area contributed by atoms with E-state index in [9.17, 15) is 4.79 Å². The normalized spacial score (nSPS) is 12.2. The van der Waals surface area contributed by atoms with Crippen molar-refractivity contribution >= 4 is 17.7 Å². The fraction of sp³-hybridized carbons (Fsp3) is 0.538. The number of nitrogens with two attached hydrogens (primary N) is 1. The Morgan fingerprint density at radius 1 is 1.61 bits per heavy atom. The first-order valence-corrected chi connectivity index (χ1v) is 7.21. The van der Waals surface area contributed by atoms with E-state index in [2.05, 4.69) is 4.98 Å². The van der Waals surface area contributed by atoms with E-state index in [1.807, 2.05) is 19.1 Å². The summed E-state index contributed by atoms with van der Waals surface area (Å²) >= 11 is 1.73. The molecule has 1 atom stereocenters. The molecule has 1 aromatic heterocycles. The van der Waals surface area contributed by atoms with E-state index in [1.54, 1.807) is 24.9 Å². The minimum atomic E-state index is -0.512. The van der Waals surface area contributed by atoms with Crippen LogP contribution in [0.25, 0.3) is 0 Å². The van der Waals surface area contributed by atoms with Crippen molar-refractivity contribution in [3.8, 4) is 0 Å². The van der Waals surface area contributed by atoms with Gasteiger partial charge < -0.3 is 10.5 Å². The quantitative estimate of drug-likeness (QED) is 0.604. The first kappa shape index (κ1) is 15.0. The van der Waals surface area contributed by atoms with Gasteiger partial charge in [-0.2, -0.15) is 11.8 Å². The topological polar surface area (TPSA) is 65.2 Å². The maximum Gasteiger partial charge on any atom is 0.322 e. The average molecular weight is 268 g/mol. The van der Waals surface area contributed by atoms with E-state index in [1.165, 1.54) is 5.56 Å². The SMILES string of the molecule is CCOC(=O)C(N)CCSCc1ncccc1C. The molecule has 2 N–H and O–H groups in total. The molecule has 0 aliphatic carbocycles. The zero-order valence-corrected chi connectivity index (χ0v) is 11.7. The highest BCUT2D eigenvalue weighted by molar-refractivity contribution is 7.98. The van der Waals surface area contributed by atoms with Crippen LogP contribution >= 0.6 is 11.8 Å². The number of hydrogen-bond donors (Lipinski definition) is 1. The van der Waals surface area contributed by atoms with E-state index in [4.69, 9.17) is 10.5 Å². The van der Waals surface area contributed by atoms with Gasteiger partial charge in [0.2, 0.25) is 0 Å². The maximum atomic E-state index is 11.3. The summed E-state index contributed by atoms with van der Waals surface area (Å²) in [6.45, 7) is 4.21. The third kappa shape index (κ3) is 5.06. The van der Waals surface area contributed by atoms with Crippen LogP contribution < -0.4 is 5.73 Å². The summed E-state index contributed by atoms with van der Waals surface area (Å²) in [5, 5.41) is 0. The lowest BCUT2D eigenvalue weighted by molar-refractivity contribution is -0.144. The van der Waals surface area contributed by atoms with Crippen molar-refractivity contribution in [1.29, 1.82) is 0 Å². The lowest BCUT2D eigenvalue weighted by atomic mass is 10.2. The fourth-order valence-electron chi connectivity index (χ4n) is 1.42. The Kier molecular flexibility index (Phi) is 6.75. The number of aryl methyl sites for hydroxylation is 1. The number of carbonyl (C=O) groups excluding carboxylic acids is 1. The van der Waals surface area contributed by atoms with Gasteiger partial charge in [-0.25, -0.2) is 0 Å². The van der Waals surface area contributed by atoms with Gasteiger partial charge in [0.1, 0.15) is 6.04 Å². The zero-order valence-electron chi connectivity index (χ0n) is 10.9. The van der Waals surface area contributed by atoms with E-state index in [0.29, 0.717) is 13.0 Å². The molecule has 0 radical (unpaired) electrons. The van der Waals surface area contributed by atoms with Crippen LogP contribution in [0.4, 0.5) is 0 Å². The summed E-state index contributed by atoms with van der Waals surface area (Å²) in [6.07, 6.45) is 2.43. The molecule has 0 aromatic carbocycles. The summed E-state index contributed by atoms with van der Waals surface area (Å²) in [4.78, 5) is 15.6. The number of carbonyl (C=O) groups is 1. The first-order chi connectivity index (χ1) is 8.65. The molecule has 0 bridgehead atoms. The van der Waals surface area contributed by atoms with E-state index >= 15 is 0 Å². The average Bonchev–Trinajstić information content (AvgIpc) is 2.36. The lowest BCUT2D eigenvalue weighted by Crippen LogP contribution is -2.32. The fourth-order valence-corrected chi connectivity index (χ4v) is 2.48. The van der Waals surface area contributed by atoms with Crippen molar-refractivity contribution in [2.45, 2.75) is 32.1 Å². The number of hydrogen-bond acceptors (Lipinski definition) is 5. The van der Waals surface area contributed by atoms with Gasteiger partial charge in [-0.3, -0.25) is 9.78 Å². The second kappa shape index (κ2) is 8.11. The van der Waals surface area contributed by atoms with E-state index < -0.39 is 6.04 Å². The molecule has 0 aliphatic rings. The highest BCUT2D eigenvalue weighted by atomic mass is 32.2. The predicted octanol–water partition coefficient (Wildman–Crippen LogP) is 1.90. The van der Waals surface area contributed by atoms with Gasteiger partial charge in [0.15, 0.2) is 0 Å². The Bertz CT molecular complexity index is 385. The third-order valence-corrected chi connectivity index (χ3v) is 3.52. The molecule has 1 heterocycles. The number of esters is 1. The molecule has 18 heavy (non-hydrogen) atoms. The van der Waals surface area contributed by atoms with Crippen molar-refractivity contribution in [2.75, 3.05) is 12.4 Å². The Hall–Kier alpha value is -1.07. The number of pyridine rings is 1. The number of thioether (sulfide) groups is 1. The number of aromatic nitrogens is 1. The van der Waals surface area contributed by atoms with Gasteiger partial charge in [-0.1, -0.05) is 6.07 Å². The molecule has 1 rings (SSSR count). The monoisotopic (exact) mass is 268 g/mol. The second-order valence-electron chi connectivity index (χ2n) is 3.97. The largest absolute Gasteiger partial charge is 0.465 e. The summed E-state index contributed by atoms with van der Waals surface area (Å²) in [5.74, 6) is 1.37. The molecule has 100 valence electrons. The summed E-state index contributed by atoms with van der Waals surface area (Å²) < 4.78 is 4.85. The predicted molar refractivity (Wildman–Crippen MR) is 74.4 cm³/mol. The highest BCUT2D eigenvalue weighted by Gasteiger charge is 2.13. The van der Waals surface area contributed by atoms with Crippen LogP contribution in [-0.4, -0.2) is 29.4 Å². The van der Waals surface area contributed by atoms with Crippen LogP contribution in [0.3, 0.4) is 0 Å². The summed E-state index contributed by atoms with van der Waals surface area (Å²) in [5.41, 5.74) is 7.99. The van der Waals surface area contributed by atoms with Crippen LogP contribution in [0.15, 0.2) is 18.3 Å². The molecule has 0 fully saturated rings. The standard InChI is InChI=1S/C13H20N2O2S/c1-3-17-13(16)11(14)6-8-18-9-12-10(2)5-4-7-15-12/h4-5,7,11H,3,6,8-9,14H2,1-2H3. The maximum absolute atomic E-state index is 11.3. The van der Waals surface area contributed by atoms with Gasteiger partial charge >= 0.3 is 5.97 Å². The minimum absolute atomic E-state index is 0.313. The second-order valence-corrected chi connectivity index (χ2v) is 5.07. The molecule has 1 aromatic rings. The van der Waals surface area contributed by atoms with Crippen molar-refractivity contribution in [3.05, 3.63) is 29.6 Å². The van der Waals surface area contributed by atoms with Crippen LogP contribution in [0, 0.1) is 6.92 Å². The van der Waals surface area contributed by atoms with Crippen molar-refractivity contribution < 1.29 is 9.53 Å². The Balaban J connectivity index is 2.23. The highest BCUT2D eigenvalue weighted by Crippen LogP contribution is 2.14. The van der Waals surface area contributed by atoms with Gasteiger partial charge in [-0.05, 0) is 37.7 Å². The smallest absolute Gasteiger partial charge is 0.322 e. The lowest BCUT2D eigenvalue weighted by Gasteiger charge is -2.10. The van der Waals surface area contributed by atoms with Crippen LogP contribution in [0.1, 0.15) is 24.6 Å².